The Balaban J connectivity index is 1.38. The zero-order valence-electron chi connectivity index (χ0n) is 22.6. The first kappa shape index (κ1) is 25.6. The molecule has 0 bridgehead atoms. The highest BCUT2D eigenvalue weighted by molar-refractivity contribution is 6.01. The maximum atomic E-state index is 13.9. The minimum absolute atomic E-state index is 0.0798. The third kappa shape index (κ3) is 5.13. The molecule has 0 unspecified atom stereocenters. The van der Waals surface area contributed by atoms with Crippen molar-refractivity contribution in [3.63, 3.8) is 0 Å². The molecule has 0 amide bonds. The molecular weight excluding hydrogens is 500 g/mol. The maximum absolute atomic E-state index is 13.9. The minimum Gasteiger partial charge on any atom is -0.497 e. The Hall–Kier alpha value is -4.71. The van der Waals surface area contributed by atoms with Crippen LogP contribution in [0.1, 0.15) is 41.5 Å². The van der Waals surface area contributed by atoms with E-state index in [-0.39, 0.29) is 17.7 Å². The molecule has 0 radical (unpaired) electrons. The van der Waals surface area contributed by atoms with Crippen LogP contribution in [-0.2, 0) is 11.4 Å². The second kappa shape index (κ2) is 11.2. The number of anilines is 2. The van der Waals surface area contributed by atoms with Gasteiger partial charge in [-0.1, -0.05) is 60.7 Å². The Labute approximate surface area is 234 Å². The van der Waals surface area contributed by atoms with Gasteiger partial charge in [0.25, 0.3) is 0 Å². The van der Waals surface area contributed by atoms with Gasteiger partial charge in [-0.3, -0.25) is 4.79 Å². The highest BCUT2D eigenvalue weighted by atomic mass is 16.5. The van der Waals surface area contributed by atoms with Crippen LogP contribution in [0.3, 0.4) is 0 Å². The summed E-state index contributed by atoms with van der Waals surface area (Å²) >= 11 is 0. The van der Waals surface area contributed by atoms with E-state index in [4.69, 9.17) is 14.2 Å². The van der Waals surface area contributed by atoms with E-state index in [0.29, 0.717) is 24.5 Å². The van der Waals surface area contributed by atoms with E-state index in [1.807, 2.05) is 84.9 Å². The van der Waals surface area contributed by atoms with Crippen LogP contribution in [-0.4, -0.2) is 20.0 Å². The summed E-state index contributed by atoms with van der Waals surface area (Å²) in [6.07, 6.45) is 1.17. The lowest BCUT2D eigenvalue weighted by atomic mass is 9.78. The van der Waals surface area contributed by atoms with E-state index in [9.17, 15) is 4.79 Å². The summed E-state index contributed by atoms with van der Waals surface area (Å²) in [6, 6.07) is 31.7. The minimum atomic E-state index is -0.347. The third-order valence-electron chi connectivity index (χ3n) is 7.65. The molecule has 0 fully saturated rings. The van der Waals surface area contributed by atoms with Gasteiger partial charge in [-0.15, -0.1) is 0 Å². The summed E-state index contributed by atoms with van der Waals surface area (Å²) in [6.45, 7) is 0.416. The Morgan fingerprint density at radius 2 is 1.48 bits per heavy atom. The van der Waals surface area contributed by atoms with Crippen LogP contribution in [0.5, 0.6) is 17.2 Å². The van der Waals surface area contributed by atoms with Crippen molar-refractivity contribution in [3.8, 4) is 17.2 Å². The number of para-hydroxylation sites is 2. The molecule has 0 aromatic heterocycles. The van der Waals surface area contributed by atoms with Gasteiger partial charge in [-0.25, -0.2) is 0 Å². The molecule has 40 heavy (non-hydrogen) atoms. The van der Waals surface area contributed by atoms with Crippen LogP contribution < -0.4 is 24.8 Å². The zero-order chi connectivity index (χ0) is 27.5. The number of carbonyl (C=O) groups excluding carboxylic acids is 1. The van der Waals surface area contributed by atoms with Crippen molar-refractivity contribution in [3.05, 3.63) is 125 Å². The number of ketones is 1. The number of benzene rings is 4. The molecule has 4 aromatic carbocycles. The molecule has 0 spiro atoms. The summed E-state index contributed by atoms with van der Waals surface area (Å²) in [7, 11) is 3.30. The van der Waals surface area contributed by atoms with Crippen molar-refractivity contribution < 1.29 is 19.0 Å². The SMILES string of the molecule is COc1ccc([C@@H]2CC(=O)C3=C(C2)Nc2ccccc2N[C@@H]3c2ccc(OC)c(OCc3ccccc3)c2)cc1. The molecule has 1 aliphatic heterocycles. The molecule has 6 heteroatoms. The van der Waals surface area contributed by atoms with E-state index in [1.165, 1.54) is 0 Å². The maximum Gasteiger partial charge on any atom is 0.163 e. The topological polar surface area (TPSA) is 68.8 Å². The van der Waals surface area contributed by atoms with Gasteiger partial charge in [-0.05, 0) is 65.4 Å². The summed E-state index contributed by atoms with van der Waals surface area (Å²) in [5, 5.41) is 7.27. The van der Waals surface area contributed by atoms with E-state index in [2.05, 4.69) is 22.8 Å². The van der Waals surface area contributed by atoms with Crippen molar-refractivity contribution in [1.82, 2.24) is 0 Å². The molecule has 2 N–H and O–H groups in total. The molecule has 1 aliphatic carbocycles. The molecule has 0 saturated heterocycles. The predicted octanol–water partition coefficient (Wildman–Crippen LogP) is 7.26. The van der Waals surface area contributed by atoms with Crippen LogP contribution in [0.4, 0.5) is 11.4 Å². The number of ether oxygens (including phenoxy) is 3. The lowest BCUT2D eigenvalue weighted by Crippen LogP contribution is -2.26. The molecule has 6 nitrogen and oxygen atoms in total. The third-order valence-corrected chi connectivity index (χ3v) is 7.65. The quantitative estimate of drug-likeness (QED) is 0.261. The van der Waals surface area contributed by atoms with E-state index in [1.54, 1.807) is 14.2 Å². The van der Waals surface area contributed by atoms with Gasteiger partial charge in [0.05, 0.1) is 31.6 Å². The average molecular weight is 533 g/mol. The molecule has 2 aliphatic rings. The zero-order valence-corrected chi connectivity index (χ0v) is 22.6. The summed E-state index contributed by atoms with van der Waals surface area (Å²) in [5.41, 5.74) is 6.74. The monoisotopic (exact) mass is 532 g/mol. The second-order valence-electron chi connectivity index (χ2n) is 10.1. The van der Waals surface area contributed by atoms with Crippen LogP contribution in [0, 0.1) is 0 Å². The van der Waals surface area contributed by atoms with Gasteiger partial charge in [0.1, 0.15) is 12.4 Å². The molecule has 6 rings (SSSR count). The second-order valence-corrected chi connectivity index (χ2v) is 10.1. The van der Waals surface area contributed by atoms with Crippen molar-refractivity contribution >= 4 is 17.2 Å². The number of hydrogen-bond donors (Lipinski definition) is 2. The number of methoxy groups -OCH3 is 2. The summed E-state index contributed by atoms with van der Waals surface area (Å²) < 4.78 is 17.2. The number of rotatable bonds is 7. The first-order chi connectivity index (χ1) is 19.6. The Kier molecular flexibility index (Phi) is 7.15. The van der Waals surface area contributed by atoms with Gasteiger partial charge in [0, 0.05) is 17.7 Å². The van der Waals surface area contributed by atoms with Gasteiger partial charge < -0.3 is 24.8 Å². The standard InChI is InChI=1S/C34H32N2O4/c1-38-26-15-12-23(13-16-26)25-18-29-33(30(37)19-25)34(36-28-11-7-6-10-27(28)35-29)24-14-17-31(39-2)32(20-24)40-21-22-8-4-3-5-9-22/h3-17,20,25,34-36H,18-19,21H2,1-2H3/t25-,34+/m0/s1. The van der Waals surface area contributed by atoms with Crippen LogP contribution >= 0.6 is 0 Å². The fourth-order valence-electron chi connectivity index (χ4n) is 5.58. The van der Waals surface area contributed by atoms with Crippen molar-refractivity contribution in [1.29, 1.82) is 0 Å². The molecule has 2 atom stereocenters. The lowest BCUT2D eigenvalue weighted by molar-refractivity contribution is -0.116. The number of Topliss-reactive ketones (excluding diaryl/α,β-unsaturated/α-hetero) is 1. The summed E-state index contributed by atoms with van der Waals surface area (Å²) in [5.74, 6) is 2.30. The Bertz CT molecular complexity index is 1550. The van der Waals surface area contributed by atoms with E-state index >= 15 is 0 Å². The fraction of sp³-hybridized carbons (Fsp3) is 0.206. The summed E-state index contributed by atoms with van der Waals surface area (Å²) in [4.78, 5) is 13.9. The number of hydrogen-bond acceptors (Lipinski definition) is 6. The molecule has 1 heterocycles. The molecule has 0 saturated carbocycles. The number of carbonyl (C=O) groups is 1. The Morgan fingerprint density at radius 1 is 0.750 bits per heavy atom. The van der Waals surface area contributed by atoms with Crippen molar-refractivity contribution in [2.45, 2.75) is 31.4 Å². The van der Waals surface area contributed by atoms with Crippen molar-refractivity contribution in [2.75, 3.05) is 24.9 Å². The van der Waals surface area contributed by atoms with E-state index < -0.39 is 0 Å². The number of nitrogens with one attached hydrogen (secondary N) is 2. The van der Waals surface area contributed by atoms with Crippen LogP contribution in [0.15, 0.2) is 108 Å². The highest BCUT2D eigenvalue weighted by Crippen LogP contribution is 2.45. The largest absolute Gasteiger partial charge is 0.497 e. The number of allylic oxidation sites excluding steroid dienone is 1. The molecule has 202 valence electrons. The smallest absolute Gasteiger partial charge is 0.163 e. The lowest BCUT2D eigenvalue weighted by Gasteiger charge is -2.30. The normalized spacial score (nSPS) is 18.0. The Morgan fingerprint density at radius 3 is 2.23 bits per heavy atom. The fourth-order valence-corrected chi connectivity index (χ4v) is 5.58. The first-order valence-electron chi connectivity index (χ1n) is 13.5. The van der Waals surface area contributed by atoms with Crippen molar-refractivity contribution in [2.24, 2.45) is 0 Å². The van der Waals surface area contributed by atoms with Gasteiger partial charge in [0.2, 0.25) is 0 Å². The first-order valence-corrected chi connectivity index (χ1v) is 13.5. The molecular formula is C34H32N2O4. The van der Waals surface area contributed by atoms with Gasteiger partial charge in [0.15, 0.2) is 17.3 Å². The van der Waals surface area contributed by atoms with Crippen LogP contribution in [0.25, 0.3) is 0 Å². The van der Waals surface area contributed by atoms with Crippen LogP contribution in [0.2, 0.25) is 0 Å². The average Bonchev–Trinajstić information content (AvgIpc) is 3.17. The highest BCUT2D eigenvalue weighted by Gasteiger charge is 2.36. The van der Waals surface area contributed by atoms with Gasteiger partial charge in [-0.2, -0.15) is 0 Å². The van der Waals surface area contributed by atoms with Gasteiger partial charge >= 0.3 is 0 Å². The predicted molar refractivity (Wildman–Crippen MR) is 157 cm³/mol. The van der Waals surface area contributed by atoms with E-state index in [0.717, 1.165) is 51.5 Å². The molecule has 4 aromatic rings. The number of fused-ring (bicyclic) bond motifs is 1.